The molecule has 1 saturated heterocycles. The van der Waals surface area contributed by atoms with Crippen molar-refractivity contribution in [1.82, 2.24) is 10.2 Å². The van der Waals surface area contributed by atoms with E-state index >= 15 is 0 Å². The summed E-state index contributed by atoms with van der Waals surface area (Å²) in [4.78, 5) is 14.5. The van der Waals surface area contributed by atoms with Crippen molar-refractivity contribution in [2.45, 2.75) is 71.5 Å². The van der Waals surface area contributed by atoms with E-state index in [0.717, 1.165) is 13.0 Å². The second-order valence-corrected chi connectivity index (χ2v) is 6.19. The second kappa shape index (κ2) is 4.27. The van der Waals surface area contributed by atoms with E-state index in [0.29, 0.717) is 11.3 Å². The maximum Gasteiger partial charge on any atom is 0.243 e. The summed E-state index contributed by atoms with van der Waals surface area (Å²) >= 11 is 0. The molecule has 0 aromatic rings. The highest BCUT2D eigenvalue weighted by Crippen LogP contribution is 2.50. The average Bonchev–Trinajstić information content (AvgIpc) is 3.01. The molecule has 0 aromatic heterocycles. The molecule has 2 rings (SSSR count). The first-order valence-electron chi connectivity index (χ1n) is 7.05. The zero-order valence-electron chi connectivity index (χ0n) is 11.7. The molecule has 1 saturated carbocycles. The lowest BCUT2D eigenvalue weighted by atomic mass is 9.97. The molecule has 2 unspecified atom stereocenters. The molecule has 2 aliphatic rings. The molecule has 0 aromatic carbocycles. The Kier molecular flexibility index (Phi) is 3.23. The number of hydrogen-bond acceptors (Lipinski definition) is 2. The van der Waals surface area contributed by atoms with Gasteiger partial charge in [0.05, 0.1) is 11.7 Å². The van der Waals surface area contributed by atoms with Crippen molar-refractivity contribution in [2.24, 2.45) is 5.41 Å². The highest BCUT2D eigenvalue weighted by atomic mass is 16.2. The minimum absolute atomic E-state index is 0.196. The lowest BCUT2D eigenvalue weighted by molar-refractivity contribution is -0.133. The van der Waals surface area contributed by atoms with E-state index in [4.69, 9.17) is 0 Å². The van der Waals surface area contributed by atoms with Gasteiger partial charge in [-0.05, 0) is 44.9 Å². The van der Waals surface area contributed by atoms with Crippen LogP contribution in [-0.2, 0) is 4.79 Å². The van der Waals surface area contributed by atoms with Gasteiger partial charge in [0.15, 0.2) is 0 Å². The summed E-state index contributed by atoms with van der Waals surface area (Å²) in [5, 5.41) is 3.45. The predicted molar refractivity (Wildman–Crippen MR) is 69.6 cm³/mol. The van der Waals surface area contributed by atoms with Gasteiger partial charge >= 0.3 is 0 Å². The SMILES string of the molecule is CCCC1(CN2C(=O)C(C)(CC)NC2C)CC1. The first-order valence-corrected chi connectivity index (χ1v) is 7.05. The molecule has 1 N–H and O–H groups in total. The Labute approximate surface area is 105 Å². The summed E-state index contributed by atoms with van der Waals surface area (Å²) in [5.74, 6) is 0.301. The van der Waals surface area contributed by atoms with Crippen LogP contribution in [0.5, 0.6) is 0 Å². The molecule has 2 fully saturated rings. The smallest absolute Gasteiger partial charge is 0.243 e. The zero-order chi connectivity index (χ0) is 12.7. The van der Waals surface area contributed by atoms with Gasteiger partial charge in [0.1, 0.15) is 0 Å². The van der Waals surface area contributed by atoms with Crippen LogP contribution in [0.4, 0.5) is 0 Å². The molecular weight excluding hydrogens is 212 g/mol. The first kappa shape index (κ1) is 12.9. The molecular formula is C14H26N2O. The van der Waals surface area contributed by atoms with Crippen LogP contribution in [0, 0.1) is 5.41 Å². The lowest BCUT2D eigenvalue weighted by Crippen LogP contribution is -2.43. The Morgan fingerprint density at radius 3 is 2.47 bits per heavy atom. The molecule has 3 nitrogen and oxygen atoms in total. The maximum absolute atomic E-state index is 12.4. The fourth-order valence-corrected chi connectivity index (χ4v) is 3.11. The molecule has 0 radical (unpaired) electrons. The molecule has 1 aliphatic heterocycles. The summed E-state index contributed by atoms with van der Waals surface area (Å²) < 4.78 is 0. The molecule has 1 aliphatic carbocycles. The molecule has 2 atom stereocenters. The summed E-state index contributed by atoms with van der Waals surface area (Å²) in [6, 6.07) is 0. The third-order valence-electron chi connectivity index (χ3n) is 4.68. The van der Waals surface area contributed by atoms with Crippen molar-refractivity contribution in [2.75, 3.05) is 6.54 Å². The van der Waals surface area contributed by atoms with Crippen molar-refractivity contribution in [3.05, 3.63) is 0 Å². The average molecular weight is 238 g/mol. The molecule has 0 bridgehead atoms. The topological polar surface area (TPSA) is 32.3 Å². The monoisotopic (exact) mass is 238 g/mol. The van der Waals surface area contributed by atoms with Crippen LogP contribution in [0.2, 0.25) is 0 Å². The van der Waals surface area contributed by atoms with Crippen molar-refractivity contribution in [3.8, 4) is 0 Å². The third kappa shape index (κ3) is 2.22. The summed E-state index contributed by atoms with van der Waals surface area (Å²) in [7, 11) is 0. The van der Waals surface area contributed by atoms with Crippen molar-refractivity contribution in [1.29, 1.82) is 0 Å². The maximum atomic E-state index is 12.4. The van der Waals surface area contributed by atoms with Gasteiger partial charge in [-0.25, -0.2) is 0 Å². The van der Waals surface area contributed by atoms with Crippen LogP contribution in [0.3, 0.4) is 0 Å². The molecule has 17 heavy (non-hydrogen) atoms. The van der Waals surface area contributed by atoms with Gasteiger partial charge in [-0.15, -0.1) is 0 Å². The van der Waals surface area contributed by atoms with Gasteiger partial charge in [-0.1, -0.05) is 20.3 Å². The normalized spacial score (nSPS) is 35.4. The van der Waals surface area contributed by atoms with Crippen LogP contribution in [0.15, 0.2) is 0 Å². The Balaban J connectivity index is 2.04. The van der Waals surface area contributed by atoms with Gasteiger partial charge < -0.3 is 4.90 Å². The predicted octanol–water partition coefficient (Wildman–Crippen LogP) is 2.51. The number of amides is 1. The molecule has 1 amide bonds. The fourth-order valence-electron chi connectivity index (χ4n) is 3.11. The number of carbonyl (C=O) groups excluding carboxylic acids is 1. The van der Waals surface area contributed by atoms with Gasteiger partial charge in [0.25, 0.3) is 0 Å². The number of carbonyl (C=O) groups is 1. The third-order valence-corrected chi connectivity index (χ3v) is 4.68. The Morgan fingerprint density at radius 2 is 2.06 bits per heavy atom. The number of rotatable bonds is 5. The van der Waals surface area contributed by atoms with E-state index in [9.17, 15) is 4.79 Å². The summed E-state index contributed by atoms with van der Waals surface area (Å²) in [6.45, 7) is 9.43. The summed E-state index contributed by atoms with van der Waals surface area (Å²) in [5.41, 5.74) is 0.126. The first-order chi connectivity index (χ1) is 7.96. The standard InChI is InChI=1S/C14H26N2O/c1-5-7-14(8-9-14)10-16-11(3)15-13(4,6-2)12(16)17/h11,15H,5-10H2,1-4H3. The molecule has 98 valence electrons. The number of nitrogens with zero attached hydrogens (tertiary/aromatic N) is 1. The highest BCUT2D eigenvalue weighted by molar-refractivity contribution is 5.88. The van der Waals surface area contributed by atoms with Crippen molar-refractivity contribution < 1.29 is 4.79 Å². The van der Waals surface area contributed by atoms with Crippen LogP contribution in [0.1, 0.15) is 59.8 Å². The van der Waals surface area contributed by atoms with E-state index in [1.807, 2.05) is 6.92 Å². The van der Waals surface area contributed by atoms with Crippen LogP contribution in [-0.4, -0.2) is 29.1 Å². The Morgan fingerprint density at radius 1 is 1.41 bits per heavy atom. The zero-order valence-corrected chi connectivity index (χ0v) is 11.7. The van der Waals surface area contributed by atoms with Crippen LogP contribution < -0.4 is 5.32 Å². The minimum atomic E-state index is -0.332. The van der Waals surface area contributed by atoms with E-state index in [2.05, 4.69) is 31.0 Å². The minimum Gasteiger partial charge on any atom is -0.325 e. The van der Waals surface area contributed by atoms with Gasteiger partial charge in [-0.2, -0.15) is 0 Å². The lowest BCUT2D eigenvalue weighted by Gasteiger charge is -2.27. The summed E-state index contributed by atoms with van der Waals surface area (Å²) in [6.07, 6.45) is 6.18. The molecule has 3 heteroatoms. The van der Waals surface area contributed by atoms with Gasteiger partial charge in [0.2, 0.25) is 5.91 Å². The molecule has 0 spiro atoms. The van der Waals surface area contributed by atoms with E-state index in [1.54, 1.807) is 0 Å². The van der Waals surface area contributed by atoms with Crippen molar-refractivity contribution >= 4 is 5.91 Å². The Bertz CT molecular complexity index is 311. The second-order valence-electron chi connectivity index (χ2n) is 6.19. The van der Waals surface area contributed by atoms with Crippen LogP contribution >= 0.6 is 0 Å². The van der Waals surface area contributed by atoms with E-state index < -0.39 is 0 Å². The van der Waals surface area contributed by atoms with Crippen LogP contribution in [0.25, 0.3) is 0 Å². The van der Waals surface area contributed by atoms with E-state index in [-0.39, 0.29) is 11.7 Å². The highest BCUT2D eigenvalue weighted by Gasteiger charge is 2.50. The van der Waals surface area contributed by atoms with Gasteiger partial charge in [0, 0.05) is 6.54 Å². The number of nitrogens with one attached hydrogen (secondary N) is 1. The fraction of sp³-hybridized carbons (Fsp3) is 0.929. The Hall–Kier alpha value is -0.570. The quantitative estimate of drug-likeness (QED) is 0.798. The van der Waals surface area contributed by atoms with Crippen molar-refractivity contribution in [3.63, 3.8) is 0 Å². The number of hydrogen-bond donors (Lipinski definition) is 1. The largest absolute Gasteiger partial charge is 0.325 e. The van der Waals surface area contributed by atoms with Gasteiger partial charge in [-0.3, -0.25) is 10.1 Å². The molecule has 1 heterocycles. The van der Waals surface area contributed by atoms with E-state index in [1.165, 1.54) is 25.7 Å².